The molecule has 0 aromatic carbocycles. The predicted molar refractivity (Wildman–Crippen MR) is 50.5 cm³/mol. The minimum Gasteiger partial charge on any atom is -0.480 e. The second kappa shape index (κ2) is 5.29. The van der Waals surface area contributed by atoms with Crippen LogP contribution in [0.1, 0.15) is 5.76 Å². The van der Waals surface area contributed by atoms with E-state index in [4.69, 9.17) is 25.1 Å². The molecule has 1 heterocycles. The zero-order valence-corrected chi connectivity index (χ0v) is 8.20. The molecule has 16 heavy (non-hydrogen) atoms. The Hall–Kier alpha value is -1.86. The number of carbonyl (C=O) groups is 2. The van der Waals surface area contributed by atoms with Gasteiger partial charge in [-0.1, -0.05) is 0 Å². The summed E-state index contributed by atoms with van der Waals surface area (Å²) in [5, 5.41) is 17.3. The van der Waals surface area contributed by atoms with Crippen molar-refractivity contribution in [3.63, 3.8) is 0 Å². The molecule has 0 unspecified atom stereocenters. The van der Waals surface area contributed by atoms with Crippen LogP contribution >= 0.6 is 0 Å². The van der Waals surface area contributed by atoms with Gasteiger partial charge in [0, 0.05) is 0 Å². The summed E-state index contributed by atoms with van der Waals surface area (Å²) in [6.07, 6.45) is -0.214. The zero-order chi connectivity index (χ0) is 12.1. The van der Waals surface area contributed by atoms with Crippen LogP contribution < -0.4 is 5.73 Å². The molecule has 0 saturated heterocycles. The highest BCUT2D eigenvalue weighted by Gasteiger charge is 2.31. The fourth-order valence-electron chi connectivity index (χ4n) is 1.02. The SMILES string of the molecule is N[C@H](C(=O)O)[C@H](OCc1ccco1)C(=O)O. The minimum atomic E-state index is -1.62. The van der Waals surface area contributed by atoms with Crippen LogP contribution in [0.2, 0.25) is 0 Å². The maximum absolute atomic E-state index is 10.7. The summed E-state index contributed by atoms with van der Waals surface area (Å²) in [7, 11) is 0. The summed E-state index contributed by atoms with van der Waals surface area (Å²) in [4.78, 5) is 21.2. The molecule has 0 spiro atoms. The molecule has 7 nitrogen and oxygen atoms in total. The summed E-state index contributed by atoms with van der Waals surface area (Å²) < 4.78 is 9.77. The van der Waals surface area contributed by atoms with Crippen molar-refractivity contribution in [1.82, 2.24) is 0 Å². The Balaban J connectivity index is 2.58. The van der Waals surface area contributed by atoms with Gasteiger partial charge >= 0.3 is 11.9 Å². The number of hydrogen-bond donors (Lipinski definition) is 3. The van der Waals surface area contributed by atoms with Gasteiger partial charge in [-0.25, -0.2) is 4.79 Å². The lowest BCUT2D eigenvalue weighted by molar-refractivity contribution is -0.160. The lowest BCUT2D eigenvalue weighted by Crippen LogP contribution is -2.47. The van der Waals surface area contributed by atoms with E-state index in [0.717, 1.165) is 0 Å². The molecule has 0 aliphatic carbocycles. The third-order valence-corrected chi connectivity index (χ3v) is 1.84. The number of nitrogens with two attached hydrogens (primary N) is 1. The van der Waals surface area contributed by atoms with Crippen LogP contribution in [0.25, 0.3) is 0 Å². The number of furan rings is 1. The van der Waals surface area contributed by atoms with E-state index in [-0.39, 0.29) is 6.61 Å². The number of hydrogen-bond acceptors (Lipinski definition) is 5. The van der Waals surface area contributed by atoms with E-state index in [1.807, 2.05) is 0 Å². The van der Waals surface area contributed by atoms with E-state index in [0.29, 0.717) is 5.76 Å². The van der Waals surface area contributed by atoms with Crippen molar-refractivity contribution in [2.75, 3.05) is 0 Å². The molecule has 0 aliphatic rings. The number of ether oxygens (including phenoxy) is 1. The molecule has 0 aliphatic heterocycles. The Morgan fingerprint density at radius 2 is 2.12 bits per heavy atom. The van der Waals surface area contributed by atoms with E-state index in [2.05, 4.69) is 0 Å². The fraction of sp³-hybridized carbons (Fsp3) is 0.333. The first kappa shape index (κ1) is 12.2. The van der Waals surface area contributed by atoms with Gasteiger partial charge in [-0.15, -0.1) is 0 Å². The van der Waals surface area contributed by atoms with Crippen molar-refractivity contribution in [1.29, 1.82) is 0 Å². The molecule has 7 heteroatoms. The summed E-state index contributed by atoms with van der Waals surface area (Å²) in [6.45, 7) is -0.148. The third-order valence-electron chi connectivity index (χ3n) is 1.84. The van der Waals surface area contributed by atoms with E-state index < -0.39 is 24.1 Å². The van der Waals surface area contributed by atoms with Gasteiger partial charge in [-0.2, -0.15) is 0 Å². The summed E-state index contributed by atoms with van der Waals surface area (Å²) in [5.74, 6) is -2.47. The number of aliphatic carboxylic acids is 2. The van der Waals surface area contributed by atoms with Crippen molar-refractivity contribution in [2.24, 2.45) is 5.73 Å². The highest BCUT2D eigenvalue weighted by molar-refractivity contribution is 5.84. The first-order valence-corrected chi connectivity index (χ1v) is 4.37. The molecule has 2 atom stereocenters. The van der Waals surface area contributed by atoms with Crippen molar-refractivity contribution in [2.45, 2.75) is 18.8 Å². The third kappa shape index (κ3) is 3.07. The predicted octanol–water partition coefficient (Wildman–Crippen LogP) is -0.339. The molecule has 0 amide bonds. The first-order chi connectivity index (χ1) is 7.52. The zero-order valence-electron chi connectivity index (χ0n) is 8.20. The van der Waals surface area contributed by atoms with Gasteiger partial charge in [0.1, 0.15) is 18.4 Å². The average molecular weight is 229 g/mol. The van der Waals surface area contributed by atoms with Gasteiger partial charge in [0.2, 0.25) is 0 Å². The maximum Gasteiger partial charge on any atom is 0.335 e. The van der Waals surface area contributed by atoms with Crippen molar-refractivity contribution < 1.29 is 29.0 Å². The molecule has 0 saturated carbocycles. The van der Waals surface area contributed by atoms with Crippen molar-refractivity contribution >= 4 is 11.9 Å². The van der Waals surface area contributed by atoms with Gasteiger partial charge in [0.15, 0.2) is 6.10 Å². The molecular weight excluding hydrogens is 218 g/mol. The Labute approximate surface area is 90.4 Å². The quantitative estimate of drug-likeness (QED) is 0.609. The molecule has 1 rings (SSSR count). The standard InChI is InChI=1S/C9H11NO6/c10-6(8(11)12)7(9(13)14)16-4-5-2-1-3-15-5/h1-3,6-7H,4,10H2,(H,11,12)(H,13,14)/t6-,7-/m0/s1. The number of rotatable bonds is 6. The number of carboxylic acid groups (broad SMARTS) is 2. The van der Waals surface area contributed by atoms with E-state index in [9.17, 15) is 9.59 Å². The maximum atomic E-state index is 10.7. The molecular formula is C9H11NO6. The smallest absolute Gasteiger partial charge is 0.335 e. The highest BCUT2D eigenvalue weighted by atomic mass is 16.5. The van der Waals surface area contributed by atoms with Crippen molar-refractivity contribution in [3.05, 3.63) is 24.2 Å². The first-order valence-electron chi connectivity index (χ1n) is 4.37. The summed E-state index contributed by atoms with van der Waals surface area (Å²) in [6, 6.07) is 1.56. The van der Waals surface area contributed by atoms with E-state index >= 15 is 0 Å². The van der Waals surface area contributed by atoms with Gasteiger partial charge < -0.3 is 25.1 Å². The lowest BCUT2D eigenvalue weighted by atomic mass is 10.2. The fourth-order valence-corrected chi connectivity index (χ4v) is 1.02. The largest absolute Gasteiger partial charge is 0.480 e. The summed E-state index contributed by atoms with van der Waals surface area (Å²) in [5.41, 5.74) is 5.17. The van der Waals surface area contributed by atoms with E-state index in [1.165, 1.54) is 6.26 Å². The normalized spacial score (nSPS) is 14.3. The lowest BCUT2D eigenvalue weighted by Gasteiger charge is -2.16. The van der Waals surface area contributed by atoms with Crippen LogP contribution in [0.4, 0.5) is 0 Å². The average Bonchev–Trinajstić information content (AvgIpc) is 2.69. The van der Waals surface area contributed by atoms with Crippen LogP contribution in [-0.4, -0.2) is 34.3 Å². The van der Waals surface area contributed by atoms with Crippen LogP contribution in [0, 0.1) is 0 Å². The van der Waals surface area contributed by atoms with Crippen LogP contribution in [0.15, 0.2) is 22.8 Å². The molecule has 0 radical (unpaired) electrons. The van der Waals surface area contributed by atoms with Crippen molar-refractivity contribution in [3.8, 4) is 0 Å². The summed E-state index contributed by atoms with van der Waals surface area (Å²) >= 11 is 0. The topological polar surface area (TPSA) is 123 Å². The minimum absolute atomic E-state index is 0.148. The van der Waals surface area contributed by atoms with Gasteiger partial charge in [0.25, 0.3) is 0 Å². The van der Waals surface area contributed by atoms with Crippen LogP contribution in [-0.2, 0) is 20.9 Å². The Bertz CT molecular complexity index is 360. The molecule has 0 bridgehead atoms. The Morgan fingerprint density at radius 3 is 2.56 bits per heavy atom. The molecule has 0 fully saturated rings. The van der Waals surface area contributed by atoms with Gasteiger partial charge in [-0.05, 0) is 12.1 Å². The second-order valence-corrected chi connectivity index (χ2v) is 3.01. The van der Waals surface area contributed by atoms with E-state index in [1.54, 1.807) is 12.1 Å². The molecule has 1 aromatic rings. The van der Waals surface area contributed by atoms with Crippen LogP contribution in [0.5, 0.6) is 0 Å². The van der Waals surface area contributed by atoms with Crippen LogP contribution in [0.3, 0.4) is 0 Å². The Morgan fingerprint density at radius 1 is 1.44 bits per heavy atom. The van der Waals surface area contributed by atoms with Gasteiger partial charge in [0.05, 0.1) is 6.26 Å². The van der Waals surface area contributed by atoms with Gasteiger partial charge in [-0.3, -0.25) is 4.79 Å². The Kier molecular flexibility index (Phi) is 4.03. The molecule has 1 aromatic heterocycles. The number of carboxylic acids is 2. The second-order valence-electron chi connectivity index (χ2n) is 3.01. The molecule has 88 valence electrons. The highest BCUT2D eigenvalue weighted by Crippen LogP contribution is 2.06. The molecule has 4 N–H and O–H groups in total. The monoisotopic (exact) mass is 229 g/mol.